The van der Waals surface area contributed by atoms with E-state index in [-0.39, 0.29) is 0 Å². The van der Waals surface area contributed by atoms with E-state index in [1.54, 1.807) is 6.20 Å². The number of hydrogen-bond acceptors (Lipinski definition) is 4. The van der Waals surface area contributed by atoms with Gasteiger partial charge >= 0.3 is 0 Å². The Morgan fingerprint density at radius 1 is 1.12 bits per heavy atom. The van der Waals surface area contributed by atoms with Gasteiger partial charge in [-0.05, 0) is 28.1 Å². The van der Waals surface area contributed by atoms with E-state index in [1.165, 1.54) is 11.3 Å². The lowest BCUT2D eigenvalue weighted by Gasteiger charge is -1.98. The highest BCUT2D eigenvalue weighted by Crippen LogP contribution is 2.28. The number of halogens is 1. The Balaban J connectivity index is 2.18. The third-order valence-electron chi connectivity index (χ3n) is 2.25. The van der Waals surface area contributed by atoms with Gasteiger partial charge in [0.15, 0.2) is 3.92 Å². The highest BCUT2D eigenvalue weighted by molar-refractivity contribution is 9.11. The van der Waals surface area contributed by atoms with Crippen molar-refractivity contribution in [2.24, 2.45) is 0 Å². The van der Waals surface area contributed by atoms with Crippen molar-refractivity contribution in [3.8, 4) is 10.6 Å². The number of aromatic nitrogens is 3. The van der Waals surface area contributed by atoms with Gasteiger partial charge in [-0.3, -0.25) is 4.98 Å². The molecule has 3 nitrogen and oxygen atoms in total. The molecule has 5 heteroatoms. The van der Waals surface area contributed by atoms with Crippen LogP contribution >= 0.6 is 27.3 Å². The minimum absolute atomic E-state index is 0.795. The van der Waals surface area contributed by atoms with Gasteiger partial charge in [0.1, 0.15) is 5.01 Å². The fraction of sp³-hybridized carbons (Fsp3) is 0. The maximum absolute atomic E-state index is 4.32. The van der Waals surface area contributed by atoms with Crippen molar-refractivity contribution in [2.75, 3.05) is 0 Å². The zero-order chi connectivity index (χ0) is 11.0. The van der Waals surface area contributed by atoms with Crippen LogP contribution in [-0.2, 0) is 0 Å². The molecular formula is C11H6BrN3S. The maximum atomic E-state index is 4.32. The first-order valence-electron chi connectivity index (χ1n) is 4.67. The second-order valence-corrected chi connectivity index (χ2v) is 5.52. The quantitative estimate of drug-likeness (QED) is 0.689. The van der Waals surface area contributed by atoms with Crippen LogP contribution in [0.2, 0.25) is 0 Å². The summed E-state index contributed by atoms with van der Waals surface area (Å²) in [5.41, 5.74) is 2.03. The molecule has 2 aromatic heterocycles. The van der Waals surface area contributed by atoms with Crippen LogP contribution in [-0.4, -0.2) is 15.2 Å². The Morgan fingerprint density at radius 2 is 2.06 bits per heavy atom. The summed E-state index contributed by atoms with van der Waals surface area (Å²) in [6.45, 7) is 0. The van der Waals surface area contributed by atoms with Crippen molar-refractivity contribution in [2.45, 2.75) is 0 Å². The highest BCUT2D eigenvalue weighted by Gasteiger charge is 2.05. The van der Waals surface area contributed by atoms with Crippen molar-refractivity contribution in [1.29, 1.82) is 0 Å². The normalized spacial score (nSPS) is 10.8. The maximum Gasteiger partial charge on any atom is 0.183 e. The molecule has 0 saturated heterocycles. The predicted molar refractivity (Wildman–Crippen MR) is 68.3 cm³/mol. The minimum atomic E-state index is 0.795. The third-order valence-corrected chi connectivity index (χ3v) is 3.66. The first-order valence-corrected chi connectivity index (χ1v) is 6.28. The van der Waals surface area contributed by atoms with Crippen molar-refractivity contribution in [1.82, 2.24) is 15.2 Å². The number of rotatable bonds is 1. The largest absolute Gasteiger partial charge is 0.256 e. The Bertz CT molecular complexity index is 650. The van der Waals surface area contributed by atoms with Gasteiger partial charge < -0.3 is 0 Å². The fourth-order valence-electron chi connectivity index (χ4n) is 1.52. The van der Waals surface area contributed by atoms with Gasteiger partial charge in [-0.1, -0.05) is 29.5 Å². The summed E-state index contributed by atoms with van der Waals surface area (Å²) >= 11 is 4.82. The molecule has 0 bridgehead atoms. The number of nitrogens with zero attached hydrogens (tertiary/aromatic N) is 3. The van der Waals surface area contributed by atoms with E-state index in [9.17, 15) is 0 Å². The monoisotopic (exact) mass is 291 g/mol. The van der Waals surface area contributed by atoms with Crippen molar-refractivity contribution in [3.63, 3.8) is 0 Å². The Morgan fingerprint density at radius 3 is 2.88 bits per heavy atom. The van der Waals surface area contributed by atoms with Crippen LogP contribution in [0.5, 0.6) is 0 Å². The highest BCUT2D eigenvalue weighted by atomic mass is 79.9. The molecule has 0 spiro atoms. The summed E-state index contributed by atoms with van der Waals surface area (Å²) in [4.78, 5) is 4.32. The van der Waals surface area contributed by atoms with Crippen molar-refractivity contribution in [3.05, 3.63) is 40.4 Å². The molecule has 3 aromatic rings. The zero-order valence-electron chi connectivity index (χ0n) is 8.09. The predicted octanol–water partition coefficient (Wildman–Crippen LogP) is 3.52. The second kappa shape index (κ2) is 3.92. The van der Waals surface area contributed by atoms with Crippen molar-refractivity contribution >= 4 is 38.2 Å². The lowest BCUT2D eigenvalue weighted by Crippen LogP contribution is -1.80. The van der Waals surface area contributed by atoms with E-state index in [4.69, 9.17) is 0 Å². The van der Waals surface area contributed by atoms with Crippen LogP contribution in [0.4, 0.5) is 0 Å². The van der Waals surface area contributed by atoms with Gasteiger partial charge in [-0.15, -0.1) is 10.2 Å². The molecule has 0 radical (unpaired) electrons. The van der Waals surface area contributed by atoms with E-state index in [2.05, 4.69) is 31.1 Å². The summed E-state index contributed by atoms with van der Waals surface area (Å²) in [5.74, 6) is 0. The molecule has 3 rings (SSSR count). The van der Waals surface area contributed by atoms with Gasteiger partial charge in [0, 0.05) is 17.1 Å². The van der Waals surface area contributed by atoms with Gasteiger partial charge in [-0.25, -0.2) is 0 Å². The zero-order valence-corrected chi connectivity index (χ0v) is 10.5. The molecule has 0 saturated carbocycles. The van der Waals surface area contributed by atoms with E-state index in [0.29, 0.717) is 0 Å². The van der Waals surface area contributed by atoms with Gasteiger partial charge in [-0.2, -0.15) is 0 Å². The molecule has 16 heavy (non-hydrogen) atoms. The van der Waals surface area contributed by atoms with E-state index in [1.807, 2.05) is 30.3 Å². The number of hydrogen-bond donors (Lipinski definition) is 0. The molecule has 0 unspecified atom stereocenters. The van der Waals surface area contributed by atoms with Gasteiger partial charge in [0.2, 0.25) is 0 Å². The first-order chi connectivity index (χ1) is 7.83. The van der Waals surface area contributed by atoms with E-state index in [0.717, 1.165) is 25.4 Å². The Hall–Kier alpha value is -1.33. The van der Waals surface area contributed by atoms with Crippen LogP contribution < -0.4 is 0 Å². The minimum Gasteiger partial charge on any atom is -0.256 e. The average molecular weight is 292 g/mol. The molecule has 78 valence electrons. The lowest BCUT2D eigenvalue weighted by molar-refractivity contribution is 1.08. The molecule has 1 aromatic carbocycles. The first kappa shape index (κ1) is 9.86. The third kappa shape index (κ3) is 1.72. The summed E-state index contributed by atoms with van der Waals surface area (Å²) in [5, 5.41) is 10.1. The molecule has 0 aliphatic carbocycles. The summed E-state index contributed by atoms with van der Waals surface area (Å²) < 4.78 is 0.795. The van der Waals surface area contributed by atoms with Crippen molar-refractivity contribution < 1.29 is 0 Å². The Kier molecular flexibility index (Phi) is 2.41. The number of pyridine rings is 1. The molecule has 0 N–H and O–H groups in total. The van der Waals surface area contributed by atoms with E-state index >= 15 is 0 Å². The summed E-state index contributed by atoms with van der Waals surface area (Å²) in [6, 6.07) is 10.1. The standard InChI is InChI=1S/C11H6BrN3S/c12-11-15-14-10(16-11)8-4-3-7-2-1-5-13-9(7)6-8/h1-6H. The van der Waals surface area contributed by atoms with E-state index < -0.39 is 0 Å². The molecule has 0 aliphatic heterocycles. The molecular weight excluding hydrogens is 286 g/mol. The molecule has 0 fully saturated rings. The molecule has 0 aliphatic rings. The van der Waals surface area contributed by atoms with Crippen LogP contribution in [0.15, 0.2) is 40.4 Å². The topological polar surface area (TPSA) is 38.7 Å². The van der Waals surface area contributed by atoms with Gasteiger partial charge in [0.25, 0.3) is 0 Å². The molecule has 0 atom stereocenters. The summed E-state index contributed by atoms with van der Waals surface area (Å²) in [7, 11) is 0. The van der Waals surface area contributed by atoms with Crippen LogP contribution in [0.25, 0.3) is 21.5 Å². The fourth-order valence-corrected chi connectivity index (χ4v) is 2.63. The van der Waals surface area contributed by atoms with Crippen LogP contribution in [0.3, 0.4) is 0 Å². The average Bonchev–Trinajstić information content (AvgIpc) is 2.75. The summed E-state index contributed by atoms with van der Waals surface area (Å²) in [6.07, 6.45) is 1.79. The number of benzene rings is 1. The molecule has 0 amide bonds. The van der Waals surface area contributed by atoms with Gasteiger partial charge in [0.05, 0.1) is 5.52 Å². The smallest absolute Gasteiger partial charge is 0.183 e. The number of fused-ring (bicyclic) bond motifs is 1. The molecule has 2 heterocycles. The lowest BCUT2D eigenvalue weighted by atomic mass is 10.1. The second-order valence-electron chi connectivity index (χ2n) is 3.27. The SMILES string of the molecule is Brc1nnc(-c2ccc3cccnc3c2)s1. The van der Waals surface area contributed by atoms with Crippen LogP contribution in [0.1, 0.15) is 0 Å². The van der Waals surface area contributed by atoms with Crippen LogP contribution in [0, 0.1) is 0 Å². The Labute approximate surface area is 104 Å².